The Hall–Kier alpha value is -2.24. The normalized spacial score (nSPS) is 20.4. The van der Waals surface area contributed by atoms with Crippen LogP contribution in [0, 0.1) is 5.92 Å². The summed E-state index contributed by atoms with van der Waals surface area (Å²) < 4.78 is 6.25. The number of hydrogen-bond acceptors (Lipinski definition) is 4. The van der Waals surface area contributed by atoms with Crippen LogP contribution in [0.25, 0.3) is 0 Å². The quantitative estimate of drug-likeness (QED) is 0.649. The zero-order valence-electron chi connectivity index (χ0n) is 17.4. The first-order valence-corrected chi connectivity index (χ1v) is 11.1. The second kappa shape index (κ2) is 8.64. The van der Waals surface area contributed by atoms with Gasteiger partial charge in [-0.1, -0.05) is 81.1 Å². The maximum Gasteiger partial charge on any atom is 0.412 e. The summed E-state index contributed by atoms with van der Waals surface area (Å²) in [6.45, 7) is 9.86. The molecular formula is C24H29NO3S. The third-order valence-electron chi connectivity index (χ3n) is 5.50. The van der Waals surface area contributed by atoms with Crippen LogP contribution in [-0.2, 0) is 10.3 Å². The second-order valence-corrected chi connectivity index (χ2v) is 8.80. The second-order valence-electron chi connectivity index (χ2n) is 7.85. The lowest BCUT2D eigenvalue weighted by Gasteiger charge is -2.41. The van der Waals surface area contributed by atoms with Gasteiger partial charge in [0.05, 0.1) is 6.04 Å². The number of hydrogen-bond donors (Lipinski definition) is 1. The summed E-state index contributed by atoms with van der Waals surface area (Å²) in [4.78, 5) is 15.0. The Balaban J connectivity index is 2.24. The third kappa shape index (κ3) is 3.69. The first-order valence-electron chi connectivity index (χ1n) is 9.83. The van der Waals surface area contributed by atoms with E-state index < -0.39 is 23.2 Å². The predicted octanol–water partition coefficient (Wildman–Crippen LogP) is 5.03. The van der Waals surface area contributed by atoms with Crippen molar-refractivity contribution in [3.05, 3.63) is 83.9 Å². The van der Waals surface area contributed by atoms with Crippen molar-refractivity contribution in [3.63, 3.8) is 0 Å². The van der Waals surface area contributed by atoms with Crippen LogP contribution >= 0.6 is 11.8 Å². The smallest absolute Gasteiger partial charge is 0.412 e. The van der Waals surface area contributed by atoms with E-state index >= 15 is 0 Å². The number of aliphatic hydroxyl groups is 1. The molecule has 0 spiro atoms. The average Bonchev–Trinajstić information content (AvgIpc) is 3.04. The number of thioether (sulfide) groups is 1. The van der Waals surface area contributed by atoms with Crippen molar-refractivity contribution in [2.24, 2.45) is 5.92 Å². The van der Waals surface area contributed by atoms with Crippen LogP contribution < -0.4 is 0 Å². The van der Waals surface area contributed by atoms with E-state index in [9.17, 15) is 9.90 Å². The lowest BCUT2D eigenvalue weighted by atomic mass is 9.75. The number of carbonyl (C=O) groups is 1. The Morgan fingerprint density at radius 3 is 1.97 bits per heavy atom. The summed E-state index contributed by atoms with van der Waals surface area (Å²) in [6, 6.07) is 19.5. The van der Waals surface area contributed by atoms with E-state index in [1.54, 1.807) is 11.8 Å². The molecule has 1 fully saturated rings. The number of cyclic esters (lactones) is 1. The van der Waals surface area contributed by atoms with Gasteiger partial charge in [-0.25, -0.2) is 4.79 Å². The summed E-state index contributed by atoms with van der Waals surface area (Å²) in [5.41, 5.74) is 1.50. The van der Waals surface area contributed by atoms with Gasteiger partial charge in [0, 0.05) is 11.1 Å². The van der Waals surface area contributed by atoms with Crippen molar-refractivity contribution in [2.75, 3.05) is 6.26 Å². The molecule has 0 radical (unpaired) electrons. The number of rotatable bonds is 7. The van der Waals surface area contributed by atoms with Crippen LogP contribution in [0.2, 0.25) is 0 Å². The molecule has 0 aliphatic carbocycles. The molecule has 1 amide bonds. The van der Waals surface area contributed by atoms with Gasteiger partial charge in [0.25, 0.3) is 0 Å². The van der Waals surface area contributed by atoms with Crippen LogP contribution in [0.15, 0.2) is 72.8 Å². The lowest BCUT2D eigenvalue weighted by molar-refractivity contribution is 0.0507. The topological polar surface area (TPSA) is 49.8 Å². The van der Waals surface area contributed by atoms with Crippen molar-refractivity contribution >= 4 is 17.9 Å². The summed E-state index contributed by atoms with van der Waals surface area (Å²) >= 11 is 1.43. The zero-order valence-corrected chi connectivity index (χ0v) is 18.2. The molecule has 29 heavy (non-hydrogen) atoms. The number of ether oxygens (including phenoxy) is 1. The predicted molar refractivity (Wildman–Crippen MR) is 119 cm³/mol. The largest absolute Gasteiger partial charge is 0.431 e. The molecule has 2 aromatic rings. The van der Waals surface area contributed by atoms with Crippen LogP contribution in [-0.4, -0.2) is 39.9 Å². The third-order valence-corrected chi connectivity index (χ3v) is 6.47. The molecule has 154 valence electrons. The van der Waals surface area contributed by atoms with E-state index in [4.69, 9.17) is 4.74 Å². The standard InChI is InChI=1S/C24H29NO3S/c1-16(2)20(26)22(29-5)25-21(17(3)4)24(28-23(25)27,18-12-8-6-9-13-18)19-14-10-7-11-15-19/h6-15,17,20-22,26H,1H2,2-5H3/t20-,21-,22-/m0/s1. The average molecular weight is 412 g/mol. The van der Waals surface area contributed by atoms with Crippen LogP contribution in [0.5, 0.6) is 0 Å². The van der Waals surface area contributed by atoms with Crippen LogP contribution in [0.3, 0.4) is 0 Å². The molecule has 1 heterocycles. The highest BCUT2D eigenvalue weighted by Crippen LogP contribution is 2.49. The molecule has 1 saturated heterocycles. The van der Waals surface area contributed by atoms with E-state index in [2.05, 4.69) is 20.4 Å². The summed E-state index contributed by atoms with van der Waals surface area (Å²) in [5.74, 6) is 0.0776. The first kappa shape index (κ1) is 21.5. The number of benzene rings is 2. The number of aliphatic hydroxyl groups excluding tert-OH is 1. The van der Waals surface area contributed by atoms with E-state index in [-0.39, 0.29) is 12.0 Å². The number of amides is 1. The van der Waals surface area contributed by atoms with Crippen molar-refractivity contribution in [3.8, 4) is 0 Å². The Bertz CT molecular complexity index is 813. The molecule has 0 unspecified atom stereocenters. The number of nitrogens with zero attached hydrogens (tertiary/aromatic N) is 1. The van der Waals surface area contributed by atoms with Gasteiger partial charge >= 0.3 is 6.09 Å². The highest BCUT2D eigenvalue weighted by atomic mass is 32.2. The molecule has 1 N–H and O–H groups in total. The fourth-order valence-corrected chi connectivity index (χ4v) is 5.18. The summed E-state index contributed by atoms with van der Waals surface area (Å²) in [5, 5.41) is 10.3. The highest BCUT2D eigenvalue weighted by Gasteiger charge is 2.59. The molecule has 0 saturated carbocycles. The van der Waals surface area contributed by atoms with E-state index in [0.29, 0.717) is 5.57 Å². The van der Waals surface area contributed by atoms with E-state index in [0.717, 1.165) is 11.1 Å². The summed E-state index contributed by atoms with van der Waals surface area (Å²) in [6.07, 6.45) is 0.629. The van der Waals surface area contributed by atoms with Gasteiger partial charge in [0.2, 0.25) is 0 Å². The van der Waals surface area contributed by atoms with Crippen LogP contribution in [0.4, 0.5) is 4.79 Å². The molecule has 3 rings (SSSR count). The van der Waals surface area contributed by atoms with E-state index in [1.165, 1.54) is 11.8 Å². The van der Waals surface area contributed by atoms with Crippen molar-refractivity contribution in [1.29, 1.82) is 0 Å². The van der Waals surface area contributed by atoms with Gasteiger partial charge in [0.15, 0.2) is 5.60 Å². The maximum atomic E-state index is 13.3. The Morgan fingerprint density at radius 2 is 1.59 bits per heavy atom. The fraction of sp³-hybridized carbons (Fsp3) is 0.375. The Morgan fingerprint density at radius 1 is 1.10 bits per heavy atom. The van der Waals surface area contributed by atoms with Gasteiger partial charge in [-0.2, -0.15) is 0 Å². The molecular weight excluding hydrogens is 382 g/mol. The molecule has 0 aromatic heterocycles. The molecule has 2 aromatic carbocycles. The monoisotopic (exact) mass is 411 g/mol. The molecule has 0 bridgehead atoms. The highest BCUT2D eigenvalue weighted by molar-refractivity contribution is 7.99. The molecule has 1 aliphatic heterocycles. The fourth-order valence-electron chi connectivity index (χ4n) is 4.25. The van der Waals surface area contributed by atoms with Crippen molar-refractivity contribution < 1.29 is 14.6 Å². The molecule has 5 heteroatoms. The van der Waals surface area contributed by atoms with E-state index in [1.807, 2.05) is 66.9 Å². The minimum atomic E-state index is -0.962. The van der Waals surface area contributed by atoms with Crippen LogP contribution in [0.1, 0.15) is 31.9 Å². The Kier molecular flexibility index (Phi) is 6.39. The van der Waals surface area contributed by atoms with Gasteiger partial charge in [-0.3, -0.25) is 4.90 Å². The molecule has 1 aliphatic rings. The minimum Gasteiger partial charge on any atom is -0.431 e. The van der Waals surface area contributed by atoms with Gasteiger partial charge in [-0.15, -0.1) is 11.8 Å². The minimum absolute atomic E-state index is 0.0776. The molecule has 4 nitrogen and oxygen atoms in total. The zero-order chi connectivity index (χ0) is 21.2. The lowest BCUT2D eigenvalue weighted by Crippen LogP contribution is -2.53. The van der Waals surface area contributed by atoms with Gasteiger partial charge < -0.3 is 9.84 Å². The molecule has 3 atom stereocenters. The van der Waals surface area contributed by atoms with Crippen molar-refractivity contribution in [2.45, 2.75) is 43.9 Å². The summed E-state index contributed by atoms with van der Waals surface area (Å²) in [7, 11) is 0. The number of carbonyl (C=O) groups excluding carboxylic acids is 1. The van der Waals surface area contributed by atoms with Crippen molar-refractivity contribution in [1.82, 2.24) is 4.90 Å². The van der Waals surface area contributed by atoms with Gasteiger partial charge in [0.1, 0.15) is 11.5 Å². The first-order chi connectivity index (χ1) is 13.8. The SMILES string of the molecule is C=C(C)[C@H](O)[C@H](SC)N1C(=O)OC(c2ccccc2)(c2ccccc2)[C@@H]1C(C)C. The van der Waals surface area contributed by atoms with Gasteiger partial charge in [-0.05, 0) is 24.7 Å². The maximum absolute atomic E-state index is 13.3. The Labute approximate surface area is 177 Å².